The lowest BCUT2D eigenvalue weighted by Gasteiger charge is -2.59. The Morgan fingerprint density at radius 2 is 2.07 bits per heavy atom. The summed E-state index contributed by atoms with van der Waals surface area (Å²) in [7, 11) is 0. The highest BCUT2D eigenvalue weighted by atomic mass is 16.6. The highest BCUT2D eigenvalue weighted by Gasteiger charge is 2.79. The predicted molar refractivity (Wildman–Crippen MR) is 106 cm³/mol. The van der Waals surface area contributed by atoms with Crippen molar-refractivity contribution in [3.8, 4) is 0 Å². The summed E-state index contributed by atoms with van der Waals surface area (Å²) in [5, 5.41) is 3.36. The summed E-state index contributed by atoms with van der Waals surface area (Å²) in [5.74, 6) is 5.15. The van der Waals surface area contributed by atoms with E-state index in [1.165, 1.54) is 32.1 Å². The number of carbonyl (C=O) groups is 1. The zero-order valence-electron chi connectivity index (χ0n) is 17.2. The fourth-order valence-corrected chi connectivity index (χ4v) is 9.34. The quantitative estimate of drug-likeness (QED) is 0.371. The number of hydrogen-bond acceptors (Lipinski definition) is 4. The highest BCUT2D eigenvalue weighted by molar-refractivity contribution is 5.73. The van der Waals surface area contributed by atoms with Gasteiger partial charge in [0.25, 0.3) is 0 Å². The van der Waals surface area contributed by atoms with E-state index in [0.717, 1.165) is 48.9 Å². The molecule has 1 spiro atoms. The van der Waals surface area contributed by atoms with E-state index < -0.39 is 0 Å². The summed E-state index contributed by atoms with van der Waals surface area (Å²) < 4.78 is 6.22. The molecule has 0 bridgehead atoms. The van der Waals surface area contributed by atoms with Crippen LogP contribution >= 0.6 is 0 Å². The van der Waals surface area contributed by atoms with Crippen LogP contribution in [0.4, 0.5) is 0 Å². The summed E-state index contributed by atoms with van der Waals surface area (Å²) in [6, 6.07) is -0.0883. The van der Waals surface area contributed by atoms with Crippen molar-refractivity contribution in [1.82, 2.24) is 0 Å². The van der Waals surface area contributed by atoms with Crippen molar-refractivity contribution in [2.75, 3.05) is 0 Å². The van der Waals surface area contributed by atoms with Crippen LogP contribution in [-0.2, 0) is 9.53 Å². The Bertz CT molecular complexity index is 761. The molecule has 28 heavy (non-hydrogen) atoms. The SMILES string of the molecule is CCC1CC2=CC(N=O)CC[C@@H]2C2CC[C@@]3(C)C(C4CC4[C@@]34CCC(=O)O4)C12. The second-order valence-electron chi connectivity index (χ2n) is 11.1. The van der Waals surface area contributed by atoms with E-state index in [9.17, 15) is 9.70 Å². The second-order valence-corrected chi connectivity index (χ2v) is 11.1. The number of carbonyl (C=O) groups excluding carboxylic acids is 1. The molecule has 0 amide bonds. The molecule has 0 aromatic carbocycles. The lowest BCUT2D eigenvalue weighted by Crippen LogP contribution is -2.56. The molecular weight excluding hydrogens is 350 g/mol. The molecule has 1 aliphatic heterocycles. The fourth-order valence-electron chi connectivity index (χ4n) is 9.34. The van der Waals surface area contributed by atoms with Crippen LogP contribution in [-0.4, -0.2) is 17.6 Å². The summed E-state index contributed by atoms with van der Waals surface area (Å²) >= 11 is 0. The van der Waals surface area contributed by atoms with Gasteiger partial charge in [-0.2, -0.15) is 4.91 Å². The van der Waals surface area contributed by atoms with Gasteiger partial charge in [-0.05, 0) is 80.5 Å². The molecular formula is C24H33NO3. The maximum Gasteiger partial charge on any atom is 0.306 e. The number of fused-ring (bicyclic) bond motifs is 9. The summed E-state index contributed by atoms with van der Waals surface area (Å²) in [4.78, 5) is 23.3. The number of rotatable bonds is 2. The summed E-state index contributed by atoms with van der Waals surface area (Å²) in [5.41, 5.74) is 1.60. The molecule has 152 valence electrons. The molecule has 7 unspecified atom stereocenters. The van der Waals surface area contributed by atoms with Gasteiger partial charge in [0, 0.05) is 17.8 Å². The third kappa shape index (κ3) is 2.00. The first-order valence-corrected chi connectivity index (χ1v) is 11.8. The molecule has 10 atom stereocenters. The van der Waals surface area contributed by atoms with Gasteiger partial charge in [-0.15, -0.1) is 0 Å². The van der Waals surface area contributed by atoms with Gasteiger partial charge in [-0.25, -0.2) is 0 Å². The van der Waals surface area contributed by atoms with Crippen molar-refractivity contribution >= 4 is 5.97 Å². The standard InChI is InChI=1S/C24H33NO3/c1-3-13-10-14-11-15(25-27)4-5-16(14)17-6-8-23(2)22(21(13)17)18-12-19(18)24(23)9-7-20(26)28-24/h11,13,15-19,21-22H,3-10,12H2,1-2H3/t13?,15?,16-,17?,18?,19?,21?,22?,23-,24-/m0/s1. The Morgan fingerprint density at radius 1 is 1.21 bits per heavy atom. The molecule has 0 aromatic rings. The average Bonchev–Trinajstić information content (AvgIpc) is 3.35. The zero-order valence-corrected chi connectivity index (χ0v) is 17.2. The van der Waals surface area contributed by atoms with Crippen molar-refractivity contribution in [3.05, 3.63) is 16.6 Å². The number of allylic oxidation sites excluding steroid dienone is 1. The van der Waals surface area contributed by atoms with E-state index in [4.69, 9.17) is 4.74 Å². The Morgan fingerprint density at radius 3 is 2.79 bits per heavy atom. The van der Waals surface area contributed by atoms with Gasteiger partial charge in [-0.1, -0.05) is 37.1 Å². The van der Waals surface area contributed by atoms with Gasteiger partial charge in [-0.3, -0.25) is 4.79 Å². The van der Waals surface area contributed by atoms with Gasteiger partial charge in [0.2, 0.25) is 0 Å². The Kier molecular flexibility index (Phi) is 3.59. The van der Waals surface area contributed by atoms with Crippen LogP contribution in [0.25, 0.3) is 0 Å². The zero-order chi connectivity index (χ0) is 19.3. The number of nitrogens with zero attached hydrogens (tertiary/aromatic N) is 1. The molecule has 0 aromatic heterocycles. The van der Waals surface area contributed by atoms with Crippen molar-refractivity contribution in [3.63, 3.8) is 0 Å². The number of esters is 1. The van der Waals surface area contributed by atoms with Gasteiger partial charge in [0.1, 0.15) is 11.6 Å². The minimum atomic E-state index is -0.141. The normalized spacial score (nSPS) is 56.2. The third-order valence-electron chi connectivity index (χ3n) is 10.4. The van der Waals surface area contributed by atoms with Crippen LogP contribution in [0.2, 0.25) is 0 Å². The van der Waals surface area contributed by atoms with Crippen molar-refractivity contribution < 1.29 is 9.53 Å². The fraction of sp³-hybridized carbons (Fsp3) is 0.875. The van der Waals surface area contributed by atoms with Crippen LogP contribution in [0.3, 0.4) is 0 Å². The number of nitroso groups, excluding NO2 is 1. The van der Waals surface area contributed by atoms with E-state index in [-0.39, 0.29) is 23.0 Å². The van der Waals surface area contributed by atoms with Crippen molar-refractivity contribution in [2.24, 2.45) is 52.0 Å². The topological polar surface area (TPSA) is 55.7 Å². The molecule has 0 radical (unpaired) electrons. The summed E-state index contributed by atoms with van der Waals surface area (Å²) in [6.07, 6.45) is 12.1. The van der Waals surface area contributed by atoms with Gasteiger partial charge < -0.3 is 4.74 Å². The van der Waals surface area contributed by atoms with E-state index >= 15 is 0 Å². The first-order chi connectivity index (χ1) is 13.5. The molecule has 1 saturated heterocycles. The molecule has 4 heteroatoms. The van der Waals surface area contributed by atoms with E-state index in [0.29, 0.717) is 18.3 Å². The molecule has 5 aliphatic carbocycles. The highest BCUT2D eigenvalue weighted by Crippen LogP contribution is 2.79. The van der Waals surface area contributed by atoms with Gasteiger partial charge in [0.05, 0.1) is 0 Å². The molecule has 5 fully saturated rings. The lowest BCUT2D eigenvalue weighted by atomic mass is 9.46. The van der Waals surface area contributed by atoms with Gasteiger partial charge >= 0.3 is 5.97 Å². The number of hydrogen-bond donors (Lipinski definition) is 0. The molecule has 4 nitrogen and oxygen atoms in total. The molecule has 6 aliphatic rings. The van der Waals surface area contributed by atoms with Crippen LogP contribution in [0, 0.1) is 51.7 Å². The van der Waals surface area contributed by atoms with E-state index in [1.807, 2.05) is 0 Å². The second kappa shape index (κ2) is 5.70. The molecule has 0 N–H and O–H groups in total. The first-order valence-electron chi connectivity index (χ1n) is 11.8. The van der Waals surface area contributed by atoms with Crippen LogP contribution in [0.15, 0.2) is 16.8 Å². The minimum absolute atomic E-state index is 0.0511. The Hall–Kier alpha value is -1.19. The third-order valence-corrected chi connectivity index (χ3v) is 10.4. The molecule has 6 rings (SSSR count). The Balaban J connectivity index is 1.39. The minimum Gasteiger partial charge on any atom is -0.458 e. The number of ether oxygens (including phenoxy) is 1. The molecule has 4 saturated carbocycles. The monoisotopic (exact) mass is 383 g/mol. The van der Waals surface area contributed by atoms with Crippen LogP contribution < -0.4 is 0 Å². The van der Waals surface area contributed by atoms with E-state index in [2.05, 4.69) is 25.1 Å². The van der Waals surface area contributed by atoms with E-state index in [1.54, 1.807) is 5.57 Å². The van der Waals surface area contributed by atoms with Crippen molar-refractivity contribution in [1.29, 1.82) is 0 Å². The maximum atomic E-state index is 12.2. The largest absolute Gasteiger partial charge is 0.458 e. The lowest BCUT2D eigenvalue weighted by molar-refractivity contribution is -0.177. The average molecular weight is 384 g/mol. The predicted octanol–water partition coefficient (Wildman–Crippen LogP) is 5.26. The first kappa shape index (κ1) is 17.7. The Labute approximate surface area is 167 Å². The summed E-state index contributed by atoms with van der Waals surface area (Å²) in [6.45, 7) is 4.85. The van der Waals surface area contributed by atoms with Gasteiger partial charge in [0.15, 0.2) is 0 Å². The smallest absolute Gasteiger partial charge is 0.306 e. The molecule has 1 heterocycles. The van der Waals surface area contributed by atoms with Crippen LogP contribution in [0.5, 0.6) is 0 Å². The maximum absolute atomic E-state index is 12.2. The van der Waals surface area contributed by atoms with Crippen molar-refractivity contribution in [2.45, 2.75) is 83.3 Å². The van der Waals surface area contributed by atoms with Crippen LogP contribution in [0.1, 0.15) is 71.6 Å².